The van der Waals surface area contributed by atoms with Crippen molar-refractivity contribution in [2.75, 3.05) is 4.90 Å². The van der Waals surface area contributed by atoms with Gasteiger partial charge in [-0.3, -0.25) is 0 Å². The number of nitrogens with zero attached hydrogens (tertiary/aromatic N) is 1. The van der Waals surface area contributed by atoms with E-state index in [1.165, 1.54) is 53.6 Å². The Morgan fingerprint density at radius 1 is 0.317 bits per heavy atom. The molecule has 3 heteroatoms. The number of benzene rings is 10. The molecule has 0 saturated carbocycles. The predicted molar refractivity (Wildman–Crippen MR) is 268 cm³/mol. The summed E-state index contributed by atoms with van der Waals surface area (Å²) in [5.41, 5.74) is 16.7. The third-order valence-corrected chi connectivity index (χ3v) is 13.5. The van der Waals surface area contributed by atoms with Gasteiger partial charge in [-0.25, -0.2) is 0 Å². The van der Waals surface area contributed by atoms with Gasteiger partial charge in [0.25, 0.3) is 0 Å². The summed E-state index contributed by atoms with van der Waals surface area (Å²) < 4.78 is 9.12. The van der Waals surface area contributed by atoms with E-state index in [0.717, 1.165) is 61.3 Å². The van der Waals surface area contributed by atoms with Crippen molar-refractivity contribution in [1.29, 1.82) is 0 Å². The maximum atomic E-state index is 6.51. The summed E-state index contributed by atoms with van der Waals surface area (Å²) in [7, 11) is 0. The molecule has 2 aromatic heterocycles. The van der Waals surface area contributed by atoms with E-state index in [1.54, 1.807) is 0 Å². The summed E-state index contributed by atoms with van der Waals surface area (Å²) in [5, 5.41) is 4.87. The molecule has 0 amide bonds. The van der Waals surface area contributed by atoms with Gasteiger partial charge in [0.2, 0.25) is 0 Å². The van der Waals surface area contributed by atoms with Crippen LogP contribution in [-0.2, 0) is 0 Å². The smallest absolute Gasteiger partial charge is 0.143 e. The Balaban J connectivity index is 1.07. The second kappa shape index (κ2) is 15.5. The molecule has 63 heavy (non-hydrogen) atoms. The number of anilines is 3. The molecule has 12 rings (SSSR count). The minimum atomic E-state index is 0.899. The third-order valence-electron chi connectivity index (χ3n) is 12.3. The van der Waals surface area contributed by atoms with Crippen LogP contribution in [0, 0.1) is 0 Å². The van der Waals surface area contributed by atoms with E-state index in [0.29, 0.717) is 0 Å². The largest absolute Gasteiger partial charge is 0.455 e. The standard InChI is InChI=1S/C60H39NOS/c1-3-16-40(17-4-1)46-20-7-8-22-51(46)58-47(41-18-5-2-6-19-41)24-14-28-54(58)61(44-36-32-42(33-37-44)48-25-15-31-57-59(48)53-23-10-12-30-56(53)63-57)45-38-34-43(35-39-45)49-26-13-27-52-50-21-9-11-29-55(50)62-60(49)52/h1-39H. The van der Waals surface area contributed by atoms with Crippen molar-refractivity contribution in [2.24, 2.45) is 0 Å². The third kappa shape index (κ3) is 6.41. The van der Waals surface area contributed by atoms with Crippen molar-refractivity contribution >= 4 is 70.5 Å². The summed E-state index contributed by atoms with van der Waals surface area (Å²) in [5.74, 6) is 0. The lowest BCUT2D eigenvalue weighted by Crippen LogP contribution is -2.12. The van der Waals surface area contributed by atoms with Gasteiger partial charge in [0, 0.05) is 53.4 Å². The van der Waals surface area contributed by atoms with Crippen LogP contribution in [-0.4, -0.2) is 0 Å². The van der Waals surface area contributed by atoms with Crippen LogP contribution in [0.3, 0.4) is 0 Å². The zero-order chi connectivity index (χ0) is 41.7. The lowest BCUT2D eigenvalue weighted by molar-refractivity contribution is 0.670. The molecule has 296 valence electrons. The minimum Gasteiger partial charge on any atom is -0.455 e. The quantitative estimate of drug-likeness (QED) is 0.152. The Morgan fingerprint density at radius 3 is 1.56 bits per heavy atom. The highest BCUT2D eigenvalue weighted by Crippen LogP contribution is 2.49. The fourth-order valence-corrected chi connectivity index (χ4v) is 10.6. The monoisotopic (exact) mass is 821 g/mol. The average molecular weight is 822 g/mol. The summed E-state index contributed by atoms with van der Waals surface area (Å²) in [6.45, 7) is 0. The Morgan fingerprint density at radius 2 is 0.810 bits per heavy atom. The van der Waals surface area contributed by atoms with Gasteiger partial charge in [0.15, 0.2) is 0 Å². The topological polar surface area (TPSA) is 16.4 Å². The van der Waals surface area contributed by atoms with E-state index in [4.69, 9.17) is 4.42 Å². The Hall–Kier alpha value is -7.98. The molecule has 2 nitrogen and oxygen atoms in total. The molecule has 0 fully saturated rings. The number of fused-ring (bicyclic) bond motifs is 6. The van der Waals surface area contributed by atoms with Crippen molar-refractivity contribution in [3.63, 3.8) is 0 Å². The fourth-order valence-electron chi connectivity index (χ4n) is 9.44. The molecular weight excluding hydrogens is 783 g/mol. The minimum absolute atomic E-state index is 0.899. The van der Waals surface area contributed by atoms with Gasteiger partial charge < -0.3 is 9.32 Å². The number of furan rings is 1. The number of thiophene rings is 1. The second-order valence-corrected chi connectivity index (χ2v) is 17.0. The molecular formula is C60H39NOS. The molecule has 0 N–H and O–H groups in total. The number of hydrogen-bond donors (Lipinski definition) is 0. The van der Waals surface area contributed by atoms with Gasteiger partial charge in [0.05, 0.1) is 5.69 Å². The van der Waals surface area contributed by atoms with Crippen molar-refractivity contribution in [1.82, 2.24) is 0 Å². The maximum Gasteiger partial charge on any atom is 0.143 e. The number of hydrogen-bond acceptors (Lipinski definition) is 3. The van der Waals surface area contributed by atoms with Crippen LogP contribution in [0.4, 0.5) is 17.1 Å². The molecule has 0 bridgehead atoms. The van der Waals surface area contributed by atoms with E-state index in [9.17, 15) is 0 Å². The highest BCUT2D eigenvalue weighted by Gasteiger charge is 2.23. The normalized spacial score (nSPS) is 11.5. The van der Waals surface area contributed by atoms with Gasteiger partial charge in [-0.1, -0.05) is 188 Å². The zero-order valence-electron chi connectivity index (χ0n) is 34.3. The van der Waals surface area contributed by atoms with E-state index < -0.39 is 0 Å². The lowest BCUT2D eigenvalue weighted by Gasteiger charge is -2.30. The fraction of sp³-hybridized carbons (Fsp3) is 0. The van der Waals surface area contributed by atoms with Gasteiger partial charge in [-0.2, -0.15) is 0 Å². The molecule has 0 spiro atoms. The second-order valence-electron chi connectivity index (χ2n) is 16.0. The van der Waals surface area contributed by atoms with Crippen LogP contribution in [0.25, 0.3) is 97.7 Å². The number of para-hydroxylation sites is 2. The molecule has 0 aliphatic carbocycles. The Bertz CT molecular complexity index is 3600. The van der Waals surface area contributed by atoms with Crippen molar-refractivity contribution in [3.8, 4) is 55.6 Å². The molecule has 0 saturated heterocycles. The molecule has 0 atom stereocenters. The zero-order valence-corrected chi connectivity index (χ0v) is 35.1. The summed E-state index contributed by atoms with van der Waals surface area (Å²) in [6.07, 6.45) is 0. The first-order valence-electron chi connectivity index (χ1n) is 21.4. The van der Waals surface area contributed by atoms with Crippen molar-refractivity contribution in [3.05, 3.63) is 237 Å². The first-order chi connectivity index (χ1) is 31.3. The number of rotatable bonds is 8. The van der Waals surface area contributed by atoms with E-state index in [2.05, 4.69) is 229 Å². The van der Waals surface area contributed by atoms with E-state index in [1.807, 2.05) is 23.5 Å². The average Bonchev–Trinajstić information content (AvgIpc) is 3.94. The highest BCUT2D eigenvalue weighted by molar-refractivity contribution is 7.25. The summed E-state index contributed by atoms with van der Waals surface area (Å²) >= 11 is 1.86. The van der Waals surface area contributed by atoms with Crippen LogP contribution >= 0.6 is 11.3 Å². The van der Waals surface area contributed by atoms with Gasteiger partial charge >= 0.3 is 0 Å². The maximum absolute atomic E-state index is 6.51. The predicted octanol–water partition coefficient (Wildman–Crippen LogP) is 17.8. The molecule has 2 heterocycles. The van der Waals surface area contributed by atoms with Crippen LogP contribution in [0.15, 0.2) is 241 Å². The molecule has 12 aromatic rings. The van der Waals surface area contributed by atoms with Crippen molar-refractivity contribution in [2.45, 2.75) is 0 Å². The molecule has 0 radical (unpaired) electrons. The van der Waals surface area contributed by atoms with Crippen LogP contribution < -0.4 is 4.90 Å². The van der Waals surface area contributed by atoms with Crippen LogP contribution in [0.5, 0.6) is 0 Å². The first kappa shape index (κ1) is 36.8. The Labute approximate surface area is 370 Å². The lowest BCUT2D eigenvalue weighted by atomic mass is 9.87. The van der Waals surface area contributed by atoms with E-state index >= 15 is 0 Å². The van der Waals surface area contributed by atoms with Crippen LogP contribution in [0.2, 0.25) is 0 Å². The first-order valence-corrected chi connectivity index (χ1v) is 22.2. The van der Waals surface area contributed by atoms with Gasteiger partial charge in [-0.15, -0.1) is 11.3 Å². The van der Waals surface area contributed by atoms with Crippen LogP contribution in [0.1, 0.15) is 0 Å². The van der Waals surface area contributed by atoms with Crippen molar-refractivity contribution < 1.29 is 4.42 Å². The molecule has 0 aliphatic rings. The summed E-state index contributed by atoms with van der Waals surface area (Å²) in [6, 6.07) is 85.4. The Kier molecular flexibility index (Phi) is 9.06. The SMILES string of the molecule is c1ccc(-c2ccccc2-c2c(-c3ccccc3)cccc2N(c2ccc(-c3cccc4c3oc3ccccc34)cc2)c2ccc(-c3cccc4sc5ccccc5c34)cc2)cc1. The molecule has 10 aromatic carbocycles. The van der Waals surface area contributed by atoms with Gasteiger partial charge in [-0.05, 0) is 93.0 Å². The summed E-state index contributed by atoms with van der Waals surface area (Å²) in [4.78, 5) is 2.43. The molecule has 0 aliphatic heterocycles. The molecule has 0 unspecified atom stereocenters. The van der Waals surface area contributed by atoms with Gasteiger partial charge in [0.1, 0.15) is 11.2 Å². The highest BCUT2D eigenvalue weighted by atomic mass is 32.1. The van der Waals surface area contributed by atoms with E-state index in [-0.39, 0.29) is 0 Å².